The third-order valence-electron chi connectivity index (χ3n) is 3.35. The number of carbonyl (C=O) groups is 1. The van der Waals surface area contributed by atoms with Gasteiger partial charge >= 0.3 is 0 Å². The molecular weight excluding hydrogens is 332 g/mol. The summed E-state index contributed by atoms with van der Waals surface area (Å²) in [6, 6.07) is 12.0. The molecule has 24 heavy (non-hydrogen) atoms. The highest BCUT2D eigenvalue weighted by Crippen LogP contribution is 2.16. The topological polar surface area (TPSA) is 135 Å². The summed E-state index contributed by atoms with van der Waals surface area (Å²) in [5.41, 5.74) is 0.0323. The molecule has 0 saturated carbocycles. The lowest BCUT2D eigenvalue weighted by Gasteiger charge is -2.07. The molecule has 8 nitrogen and oxygen atoms in total. The Morgan fingerprint density at radius 3 is 2.29 bits per heavy atom. The van der Waals surface area contributed by atoms with E-state index in [1.165, 1.54) is 24.3 Å². The summed E-state index contributed by atoms with van der Waals surface area (Å²) in [5, 5.41) is 14.4. The SMILES string of the molecule is NS(=O)(=O)c1ccc(NC(=O)c2n[nH]c(=O)c3ccccc23)cc1. The highest BCUT2D eigenvalue weighted by molar-refractivity contribution is 7.89. The van der Waals surface area contributed by atoms with Gasteiger partial charge in [-0.1, -0.05) is 18.2 Å². The van der Waals surface area contributed by atoms with Crippen molar-refractivity contribution in [1.29, 1.82) is 0 Å². The fourth-order valence-electron chi connectivity index (χ4n) is 2.21. The number of rotatable bonds is 3. The number of aromatic nitrogens is 2. The second kappa shape index (κ2) is 5.87. The quantitative estimate of drug-likeness (QED) is 0.646. The van der Waals surface area contributed by atoms with E-state index < -0.39 is 15.9 Å². The van der Waals surface area contributed by atoms with Crippen LogP contribution in [0.3, 0.4) is 0 Å². The van der Waals surface area contributed by atoms with Crippen molar-refractivity contribution in [2.24, 2.45) is 5.14 Å². The van der Waals surface area contributed by atoms with Gasteiger partial charge in [0, 0.05) is 11.1 Å². The summed E-state index contributed by atoms with van der Waals surface area (Å²) < 4.78 is 22.4. The molecule has 1 heterocycles. The molecule has 3 rings (SSSR count). The average molecular weight is 344 g/mol. The molecule has 0 atom stereocenters. The Morgan fingerprint density at radius 2 is 1.67 bits per heavy atom. The van der Waals surface area contributed by atoms with E-state index in [4.69, 9.17) is 5.14 Å². The predicted octanol–water partition coefficient (Wildman–Crippen LogP) is 0.823. The minimum absolute atomic E-state index is 0.0562. The Balaban J connectivity index is 1.94. The molecule has 0 radical (unpaired) electrons. The molecule has 2 aromatic carbocycles. The van der Waals surface area contributed by atoms with Crippen LogP contribution in [0.1, 0.15) is 10.5 Å². The molecule has 0 aliphatic carbocycles. The van der Waals surface area contributed by atoms with Crippen molar-refractivity contribution >= 4 is 32.4 Å². The maximum Gasteiger partial charge on any atom is 0.276 e. The van der Waals surface area contributed by atoms with Crippen LogP contribution in [0.25, 0.3) is 10.8 Å². The lowest BCUT2D eigenvalue weighted by Crippen LogP contribution is -2.19. The number of nitrogens with two attached hydrogens (primary N) is 1. The van der Waals surface area contributed by atoms with E-state index in [-0.39, 0.29) is 16.1 Å². The highest BCUT2D eigenvalue weighted by Gasteiger charge is 2.14. The van der Waals surface area contributed by atoms with Gasteiger partial charge in [-0.25, -0.2) is 18.7 Å². The number of carbonyl (C=O) groups excluding carboxylic acids is 1. The second-order valence-corrected chi connectivity index (χ2v) is 6.53. The van der Waals surface area contributed by atoms with Crippen LogP contribution in [0.2, 0.25) is 0 Å². The number of aromatic amines is 1. The van der Waals surface area contributed by atoms with Gasteiger partial charge in [0.1, 0.15) is 0 Å². The molecule has 1 aromatic heterocycles. The molecule has 0 unspecified atom stereocenters. The number of anilines is 1. The number of amides is 1. The largest absolute Gasteiger partial charge is 0.321 e. The van der Waals surface area contributed by atoms with E-state index in [9.17, 15) is 18.0 Å². The number of primary sulfonamides is 1. The van der Waals surface area contributed by atoms with Crippen LogP contribution in [0.5, 0.6) is 0 Å². The monoisotopic (exact) mass is 344 g/mol. The van der Waals surface area contributed by atoms with Crippen molar-refractivity contribution in [2.75, 3.05) is 5.32 Å². The lowest BCUT2D eigenvalue weighted by atomic mass is 10.1. The Bertz CT molecular complexity index is 1090. The van der Waals surface area contributed by atoms with Gasteiger partial charge < -0.3 is 5.32 Å². The molecule has 0 spiro atoms. The first-order valence-electron chi connectivity index (χ1n) is 6.78. The molecule has 0 saturated heterocycles. The molecular formula is C15H12N4O4S. The third kappa shape index (κ3) is 3.03. The summed E-state index contributed by atoms with van der Waals surface area (Å²) >= 11 is 0. The third-order valence-corrected chi connectivity index (χ3v) is 4.28. The van der Waals surface area contributed by atoms with Crippen molar-refractivity contribution in [3.8, 4) is 0 Å². The summed E-state index contributed by atoms with van der Waals surface area (Å²) in [7, 11) is -3.80. The second-order valence-electron chi connectivity index (χ2n) is 4.97. The molecule has 3 aromatic rings. The first kappa shape index (κ1) is 15.8. The lowest BCUT2D eigenvalue weighted by molar-refractivity contribution is 0.102. The molecule has 9 heteroatoms. The average Bonchev–Trinajstić information content (AvgIpc) is 2.55. The van der Waals surface area contributed by atoms with Crippen molar-refractivity contribution in [3.63, 3.8) is 0 Å². The molecule has 1 amide bonds. The molecule has 0 aliphatic rings. The number of sulfonamides is 1. The zero-order valence-corrected chi connectivity index (χ0v) is 13.0. The van der Waals surface area contributed by atoms with Crippen LogP contribution in [0.15, 0.2) is 58.2 Å². The van der Waals surface area contributed by atoms with Crippen molar-refractivity contribution in [1.82, 2.24) is 10.2 Å². The van der Waals surface area contributed by atoms with E-state index in [1.807, 2.05) is 0 Å². The van der Waals surface area contributed by atoms with Crippen LogP contribution in [0.4, 0.5) is 5.69 Å². The van der Waals surface area contributed by atoms with Gasteiger partial charge in [-0.15, -0.1) is 0 Å². The van der Waals surface area contributed by atoms with Crippen molar-refractivity contribution in [3.05, 3.63) is 64.6 Å². The van der Waals surface area contributed by atoms with Gasteiger partial charge in [-0.05, 0) is 30.3 Å². The van der Waals surface area contributed by atoms with Gasteiger partial charge in [-0.3, -0.25) is 9.59 Å². The maximum absolute atomic E-state index is 12.4. The fraction of sp³-hybridized carbons (Fsp3) is 0. The maximum atomic E-state index is 12.4. The Kier molecular flexibility index (Phi) is 3.87. The summed E-state index contributed by atoms with van der Waals surface area (Å²) in [6.07, 6.45) is 0. The Hall–Kier alpha value is -3.04. The fourth-order valence-corrected chi connectivity index (χ4v) is 2.72. The van der Waals surface area contributed by atoms with Crippen LogP contribution < -0.4 is 16.0 Å². The standard InChI is InChI=1S/C15H12N4O4S/c16-24(22,23)10-7-5-9(6-8-10)17-15(21)13-11-3-1-2-4-12(11)14(20)19-18-13/h1-8H,(H,17,21)(H,19,20)(H2,16,22,23). The van der Waals surface area contributed by atoms with Gasteiger partial charge in [0.2, 0.25) is 10.0 Å². The van der Waals surface area contributed by atoms with Crippen LogP contribution in [-0.4, -0.2) is 24.5 Å². The van der Waals surface area contributed by atoms with Gasteiger partial charge in [0.15, 0.2) is 5.69 Å². The van der Waals surface area contributed by atoms with E-state index in [2.05, 4.69) is 15.5 Å². The minimum atomic E-state index is -3.80. The number of nitrogens with zero attached hydrogens (tertiary/aromatic N) is 1. The van der Waals surface area contributed by atoms with Gasteiger partial charge in [0.05, 0.1) is 10.3 Å². The van der Waals surface area contributed by atoms with Crippen LogP contribution in [-0.2, 0) is 10.0 Å². The van der Waals surface area contributed by atoms with Crippen LogP contribution in [0, 0.1) is 0 Å². The van der Waals surface area contributed by atoms with E-state index in [0.717, 1.165) is 0 Å². The predicted molar refractivity (Wildman–Crippen MR) is 88.1 cm³/mol. The minimum Gasteiger partial charge on any atom is -0.321 e. The van der Waals surface area contributed by atoms with Gasteiger partial charge in [0.25, 0.3) is 11.5 Å². The molecule has 4 N–H and O–H groups in total. The van der Waals surface area contributed by atoms with E-state index >= 15 is 0 Å². The number of hydrogen-bond acceptors (Lipinski definition) is 5. The number of nitrogens with one attached hydrogen (secondary N) is 2. The normalized spacial score (nSPS) is 11.4. The van der Waals surface area contributed by atoms with Crippen LogP contribution >= 0.6 is 0 Å². The number of hydrogen-bond donors (Lipinski definition) is 3. The van der Waals surface area contributed by atoms with Crippen molar-refractivity contribution < 1.29 is 13.2 Å². The molecule has 0 fully saturated rings. The smallest absolute Gasteiger partial charge is 0.276 e. The van der Waals surface area contributed by atoms with Gasteiger partial charge in [-0.2, -0.15) is 5.10 Å². The molecule has 122 valence electrons. The zero-order valence-electron chi connectivity index (χ0n) is 12.2. The Morgan fingerprint density at radius 1 is 1.04 bits per heavy atom. The van der Waals surface area contributed by atoms with Crippen molar-refractivity contribution in [2.45, 2.75) is 4.90 Å². The number of fused-ring (bicyclic) bond motifs is 1. The first-order chi connectivity index (χ1) is 11.4. The molecule has 0 bridgehead atoms. The Labute approximate surface area is 136 Å². The highest BCUT2D eigenvalue weighted by atomic mass is 32.2. The summed E-state index contributed by atoms with van der Waals surface area (Å²) in [5.74, 6) is -0.536. The number of benzene rings is 2. The van der Waals surface area contributed by atoms with E-state index in [1.54, 1.807) is 24.3 Å². The summed E-state index contributed by atoms with van der Waals surface area (Å²) in [4.78, 5) is 24.0. The zero-order chi connectivity index (χ0) is 17.3. The number of H-pyrrole nitrogens is 1. The molecule has 0 aliphatic heterocycles. The first-order valence-corrected chi connectivity index (χ1v) is 8.32. The summed E-state index contributed by atoms with van der Waals surface area (Å²) in [6.45, 7) is 0. The van der Waals surface area contributed by atoms with E-state index in [0.29, 0.717) is 16.5 Å².